The van der Waals surface area contributed by atoms with E-state index in [9.17, 15) is 12.6 Å². The minimum Gasteiger partial charge on any atom is -0.330 e. The van der Waals surface area contributed by atoms with Crippen molar-refractivity contribution in [3.05, 3.63) is 24.3 Å². The second kappa shape index (κ2) is 7.03. The Morgan fingerprint density at radius 2 is 1.76 bits per heavy atom. The fourth-order valence-electron chi connectivity index (χ4n) is 2.90. The van der Waals surface area contributed by atoms with E-state index in [1.54, 1.807) is 12.1 Å². The second-order valence-electron chi connectivity index (χ2n) is 5.71. The van der Waals surface area contributed by atoms with Gasteiger partial charge in [-0.3, -0.25) is 4.21 Å². The van der Waals surface area contributed by atoms with Crippen LogP contribution in [0.2, 0.25) is 0 Å². The molecule has 0 radical (unpaired) electrons. The number of hydrogen-bond donors (Lipinski definition) is 1. The molecule has 6 heteroatoms. The maximum Gasteiger partial charge on any atom is 0.175 e. The third-order valence-corrected chi connectivity index (χ3v) is 7.19. The Kier molecular flexibility index (Phi) is 5.57. The van der Waals surface area contributed by atoms with Crippen molar-refractivity contribution in [2.45, 2.75) is 47.1 Å². The number of rotatable bonds is 4. The normalized spacial score (nSPS) is 25.2. The van der Waals surface area contributed by atoms with Crippen molar-refractivity contribution in [1.29, 1.82) is 0 Å². The van der Waals surface area contributed by atoms with E-state index in [4.69, 9.17) is 5.73 Å². The van der Waals surface area contributed by atoms with E-state index in [2.05, 4.69) is 0 Å². The van der Waals surface area contributed by atoms with E-state index in [-0.39, 0.29) is 10.1 Å². The zero-order valence-corrected chi connectivity index (χ0v) is 14.0. The molecule has 1 fully saturated rings. The van der Waals surface area contributed by atoms with Gasteiger partial charge in [0.1, 0.15) is 0 Å². The number of nitrogens with two attached hydrogens (primary N) is 1. The van der Waals surface area contributed by atoms with Crippen LogP contribution in [0.4, 0.5) is 0 Å². The van der Waals surface area contributed by atoms with Gasteiger partial charge < -0.3 is 5.73 Å². The lowest BCUT2D eigenvalue weighted by molar-refractivity contribution is 0.473. The van der Waals surface area contributed by atoms with Gasteiger partial charge in [0.15, 0.2) is 9.84 Å². The van der Waals surface area contributed by atoms with Crippen molar-refractivity contribution in [2.24, 2.45) is 11.7 Å². The molecule has 1 saturated carbocycles. The average molecular weight is 329 g/mol. The topological polar surface area (TPSA) is 77.2 Å². The van der Waals surface area contributed by atoms with Gasteiger partial charge in [-0.25, -0.2) is 8.42 Å². The Bertz CT molecular complexity index is 596. The van der Waals surface area contributed by atoms with Crippen LogP contribution in [-0.4, -0.2) is 30.7 Å². The van der Waals surface area contributed by atoms with Crippen molar-refractivity contribution in [3.8, 4) is 0 Å². The van der Waals surface area contributed by atoms with Gasteiger partial charge in [-0.2, -0.15) is 0 Å². The molecule has 118 valence electrons. The number of hydrogen-bond acceptors (Lipinski definition) is 4. The number of benzene rings is 1. The lowest BCUT2D eigenvalue weighted by atomic mass is 10.0. The van der Waals surface area contributed by atoms with Crippen molar-refractivity contribution in [2.75, 3.05) is 12.8 Å². The first kappa shape index (κ1) is 16.6. The van der Waals surface area contributed by atoms with Crippen LogP contribution < -0.4 is 5.73 Å². The van der Waals surface area contributed by atoms with E-state index in [1.807, 2.05) is 0 Å². The molecule has 2 N–H and O–H groups in total. The lowest BCUT2D eigenvalue weighted by Crippen LogP contribution is -2.30. The summed E-state index contributed by atoms with van der Waals surface area (Å²) >= 11 is 0. The Balaban J connectivity index is 2.22. The zero-order valence-electron chi connectivity index (χ0n) is 12.3. The first-order chi connectivity index (χ1) is 9.93. The van der Waals surface area contributed by atoms with Gasteiger partial charge in [0.25, 0.3) is 0 Å². The third kappa shape index (κ3) is 4.14. The van der Waals surface area contributed by atoms with Crippen LogP contribution in [0.25, 0.3) is 0 Å². The Morgan fingerprint density at radius 3 is 2.33 bits per heavy atom. The Hall–Kier alpha value is -0.720. The summed E-state index contributed by atoms with van der Waals surface area (Å²) in [6.45, 7) is 0.567. The summed E-state index contributed by atoms with van der Waals surface area (Å²) in [5.74, 6) is 0.294. The molecule has 4 nitrogen and oxygen atoms in total. The van der Waals surface area contributed by atoms with E-state index in [0.717, 1.165) is 25.7 Å². The molecule has 1 aromatic carbocycles. The smallest absolute Gasteiger partial charge is 0.175 e. The van der Waals surface area contributed by atoms with Gasteiger partial charge in [-0.15, -0.1) is 0 Å². The Labute approximate surface area is 129 Å². The molecular formula is C15H23NO3S2. The summed E-state index contributed by atoms with van der Waals surface area (Å²) in [6, 6.07) is 6.42. The summed E-state index contributed by atoms with van der Waals surface area (Å²) in [7, 11) is -4.33. The monoisotopic (exact) mass is 329 g/mol. The highest BCUT2D eigenvalue weighted by Gasteiger charge is 2.28. The molecule has 3 atom stereocenters. The van der Waals surface area contributed by atoms with Crippen molar-refractivity contribution < 1.29 is 12.6 Å². The van der Waals surface area contributed by atoms with Gasteiger partial charge in [-0.1, -0.05) is 19.3 Å². The largest absolute Gasteiger partial charge is 0.330 e. The van der Waals surface area contributed by atoms with Gasteiger partial charge in [0, 0.05) is 16.4 Å². The summed E-state index contributed by atoms with van der Waals surface area (Å²) in [6.07, 6.45) is 6.57. The SMILES string of the molecule is CS(=O)(=O)c1ccc(S(=O)C2CCCCCC2CN)cc1. The van der Waals surface area contributed by atoms with Crippen LogP contribution in [0.15, 0.2) is 34.1 Å². The minimum absolute atomic E-state index is 0.0848. The predicted octanol–water partition coefficient (Wildman–Crippen LogP) is 2.11. The molecule has 1 aliphatic carbocycles. The quantitative estimate of drug-likeness (QED) is 0.858. The molecular weight excluding hydrogens is 306 g/mol. The molecule has 0 heterocycles. The lowest BCUT2D eigenvalue weighted by Gasteiger charge is -2.23. The first-order valence-electron chi connectivity index (χ1n) is 7.34. The van der Waals surface area contributed by atoms with E-state index in [1.165, 1.54) is 24.8 Å². The molecule has 3 unspecified atom stereocenters. The third-order valence-electron chi connectivity index (χ3n) is 4.15. The predicted molar refractivity (Wildman–Crippen MR) is 85.4 cm³/mol. The molecule has 0 aliphatic heterocycles. The standard InChI is InChI=1S/C15H23NO3S2/c1-21(18,19)14-9-7-13(8-10-14)20(17)15-6-4-2-3-5-12(15)11-16/h7-10,12,15H,2-6,11,16H2,1H3. The maximum atomic E-state index is 12.8. The highest BCUT2D eigenvalue weighted by Crippen LogP contribution is 2.29. The fraction of sp³-hybridized carbons (Fsp3) is 0.600. The zero-order chi connectivity index (χ0) is 15.5. The maximum absolute atomic E-state index is 12.8. The Morgan fingerprint density at radius 1 is 1.14 bits per heavy atom. The van der Waals surface area contributed by atoms with Crippen LogP contribution >= 0.6 is 0 Å². The van der Waals surface area contributed by atoms with Gasteiger partial charge >= 0.3 is 0 Å². The van der Waals surface area contributed by atoms with Crippen molar-refractivity contribution in [1.82, 2.24) is 0 Å². The highest BCUT2D eigenvalue weighted by molar-refractivity contribution is 7.90. The molecule has 0 aromatic heterocycles. The van der Waals surface area contributed by atoms with E-state index in [0.29, 0.717) is 17.4 Å². The summed E-state index contributed by atoms with van der Waals surface area (Å²) in [5.41, 5.74) is 5.85. The van der Waals surface area contributed by atoms with Crippen molar-refractivity contribution >= 4 is 20.6 Å². The van der Waals surface area contributed by atoms with E-state index < -0.39 is 20.6 Å². The highest BCUT2D eigenvalue weighted by atomic mass is 32.2. The summed E-state index contributed by atoms with van der Waals surface area (Å²) in [5, 5.41) is 0.0848. The van der Waals surface area contributed by atoms with Crippen molar-refractivity contribution in [3.63, 3.8) is 0 Å². The molecule has 0 spiro atoms. The van der Waals surface area contributed by atoms with Crippen LogP contribution in [-0.2, 0) is 20.6 Å². The molecule has 21 heavy (non-hydrogen) atoms. The molecule has 0 amide bonds. The van der Waals surface area contributed by atoms with E-state index >= 15 is 0 Å². The van der Waals surface area contributed by atoms with Crippen LogP contribution in [0.1, 0.15) is 32.1 Å². The first-order valence-corrected chi connectivity index (χ1v) is 10.4. The molecule has 2 rings (SSSR count). The van der Waals surface area contributed by atoms with Gasteiger partial charge in [-0.05, 0) is 49.6 Å². The molecule has 1 aromatic rings. The van der Waals surface area contributed by atoms with Gasteiger partial charge in [0.05, 0.1) is 15.7 Å². The molecule has 0 bridgehead atoms. The van der Waals surface area contributed by atoms with Crippen LogP contribution in [0.5, 0.6) is 0 Å². The van der Waals surface area contributed by atoms with Crippen LogP contribution in [0.3, 0.4) is 0 Å². The summed E-state index contributed by atoms with van der Waals surface area (Å²) in [4.78, 5) is 0.965. The molecule has 0 saturated heterocycles. The van der Waals surface area contributed by atoms with Gasteiger partial charge in [0.2, 0.25) is 0 Å². The summed E-state index contributed by atoms with van der Waals surface area (Å²) < 4.78 is 35.7. The molecule has 1 aliphatic rings. The average Bonchev–Trinajstić information content (AvgIpc) is 2.70. The fourth-order valence-corrected chi connectivity index (χ4v) is 5.26. The second-order valence-corrected chi connectivity index (χ2v) is 9.40. The van der Waals surface area contributed by atoms with Crippen LogP contribution in [0, 0.1) is 5.92 Å². The minimum atomic E-state index is -3.21. The number of sulfone groups is 1.